The van der Waals surface area contributed by atoms with Crippen LogP contribution in [0.1, 0.15) is 25.6 Å². The number of rotatable bonds is 5. The molecule has 0 aromatic carbocycles. The predicted molar refractivity (Wildman–Crippen MR) is 87.6 cm³/mol. The maximum absolute atomic E-state index is 12.7. The van der Waals surface area contributed by atoms with Crippen molar-refractivity contribution in [1.82, 2.24) is 29.2 Å². The maximum atomic E-state index is 12.7. The fourth-order valence-electron chi connectivity index (χ4n) is 3.48. The van der Waals surface area contributed by atoms with E-state index < -0.39 is 11.5 Å². The highest BCUT2D eigenvalue weighted by Crippen LogP contribution is 2.32. The van der Waals surface area contributed by atoms with Crippen molar-refractivity contribution in [2.75, 3.05) is 13.1 Å². The van der Waals surface area contributed by atoms with Crippen LogP contribution in [0.5, 0.6) is 0 Å². The van der Waals surface area contributed by atoms with E-state index >= 15 is 0 Å². The molecular formula is C16H22N6O3. The molecule has 0 aliphatic carbocycles. The van der Waals surface area contributed by atoms with Crippen molar-refractivity contribution in [2.45, 2.75) is 38.8 Å². The monoisotopic (exact) mass is 346 g/mol. The topological polar surface area (TPSA) is 106 Å². The van der Waals surface area contributed by atoms with E-state index in [1.807, 2.05) is 6.92 Å². The number of aliphatic carboxylic acids is 1. The molecule has 2 aromatic rings. The first-order valence-corrected chi connectivity index (χ1v) is 8.29. The number of hydrogen-bond acceptors (Lipinski definition) is 5. The lowest BCUT2D eigenvalue weighted by Crippen LogP contribution is -2.53. The van der Waals surface area contributed by atoms with Crippen molar-refractivity contribution in [1.29, 1.82) is 0 Å². The molecule has 9 nitrogen and oxygen atoms in total. The van der Waals surface area contributed by atoms with E-state index in [9.17, 15) is 14.7 Å². The number of nitrogens with zero attached hydrogens (tertiary/aromatic N) is 6. The van der Waals surface area contributed by atoms with Gasteiger partial charge >= 0.3 is 5.97 Å². The van der Waals surface area contributed by atoms with E-state index in [4.69, 9.17) is 0 Å². The minimum Gasteiger partial charge on any atom is -0.479 e. The number of likely N-dealkylation sites (tertiary alicyclic amines) is 1. The van der Waals surface area contributed by atoms with Crippen LogP contribution in [0.15, 0.2) is 25.0 Å². The van der Waals surface area contributed by atoms with Crippen LogP contribution in [-0.2, 0) is 21.7 Å². The molecule has 0 bridgehead atoms. The van der Waals surface area contributed by atoms with E-state index in [1.165, 1.54) is 6.33 Å². The van der Waals surface area contributed by atoms with Gasteiger partial charge in [-0.2, -0.15) is 5.10 Å². The van der Waals surface area contributed by atoms with E-state index in [2.05, 4.69) is 15.1 Å². The third-order valence-electron chi connectivity index (χ3n) is 4.94. The van der Waals surface area contributed by atoms with Gasteiger partial charge in [-0.1, -0.05) is 6.92 Å². The third kappa shape index (κ3) is 3.13. The second kappa shape index (κ2) is 6.66. The Labute approximate surface area is 145 Å². The molecule has 134 valence electrons. The van der Waals surface area contributed by atoms with Crippen LogP contribution in [0, 0.1) is 12.8 Å². The third-order valence-corrected chi connectivity index (χ3v) is 4.94. The van der Waals surface area contributed by atoms with E-state index in [0.29, 0.717) is 38.3 Å². The Morgan fingerprint density at radius 2 is 2.08 bits per heavy atom. The molecule has 1 amide bonds. The van der Waals surface area contributed by atoms with Gasteiger partial charge in [0.2, 0.25) is 5.91 Å². The summed E-state index contributed by atoms with van der Waals surface area (Å²) in [6.45, 7) is 4.92. The molecule has 1 aliphatic rings. The van der Waals surface area contributed by atoms with Crippen LogP contribution in [0.4, 0.5) is 0 Å². The van der Waals surface area contributed by atoms with Crippen LogP contribution < -0.4 is 0 Å². The lowest BCUT2D eigenvalue weighted by atomic mass is 9.86. The Kier molecular flexibility index (Phi) is 4.56. The number of amides is 1. The zero-order valence-electron chi connectivity index (χ0n) is 14.4. The fourth-order valence-corrected chi connectivity index (χ4v) is 3.48. The molecule has 3 rings (SSSR count). The zero-order valence-corrected chi connectivity index (χ0v) is 14.4. The quantitative estimate of drug-likeness (QED) is 0.846. The molecule has 0 radical (unpaired) electrons. The highest BCUT2D eigenvalue weighted by atomic mass is 16.4. The smallest absolute Gasteiger partial charge is 0.330 e. The number of carbonyl (C=O) groups is 2. The first-order valence-electron chi connectivity index (χ1n) is 8.29. The summed E-state index contributed by atoms with van der Waals surface area (Å²) in [5, 5.41) is 13.8. The Morgan fingerprint density at radius 1 is 1.36 bits per heavy atom. The number of aryl methyl sites for hydroxylation is 1. The van der Waals surface area contributed by atoms with Crippen molar-refractivity contribution in [2.24, 2.45) is 5.92 Å². The molecule has 25 heavy (non-hydrogen) atoms. The van der Waals surface area contributed by atoms with Gasteiger partial charge in [-0.3, -0.25) is 9.48 Å². The fraction of sp³-hybridized carbons (Fsp3) is 0.562. The van der Waals surface area contributed by atoms with Crippen LogP contribution >= 0.6 is 0 Å². The van der Waals surface area contributed by atoms with Gasteiger partial charge in [0.25, 0.3) is 0 Å². The number of aromatic nitrogens is 5. The molecule has 1 aliphatic heterocycles. The van der Waals surface area contributed by atoms with Crippen LogP contribution in [-0.4, -0.2) is 59.3 Å². The highest BCUT2D eigenvalue weighted by molar-refractivity contribution is 5.80. The number of hydrogen-bond donors (Lipinski definition) is 1. The molecule has 1 unspecified atom stereocenters. The first-order chi connectivity index (χ1) is 11.9. The minimum absolute atomic E-state index is 0.0110. The summed E-state index contributed by atoms with van der Waals surface area (Å²) in [5.74, 6) is -0.441. The average molecular weight is 346 g/mol. The molecule has 1 fully saturated rings. The summed E-state index contributed by atoms with van der Waals surface area (Å²) in [7, 11) is 0. The second-order valence-corrected chi connectivity index (χ2v) is 6.53. The summed E-state index contributed by atoms with van der Waals surface area (Å²) >= 11 is 0. The van der Waals surface area contributed by atoms with Gasteiger partial charge in [0.1, 0.15) is 24.0 Å². The molecule has 0 spiro atoms. The number of carboxylic acids is 1. The molecule has 1 atom stereocenters. The SMILES string of the molecule is Cc1nccn1C1(C(=O)O)CCN(C(=O)C(C)Cn2cncn2)CC1. The number of piperidine rings is 1. The molecule has 3 heterocycles. The van der Waals surface area contributed by atoms with Gasteiger partial charge in [-0.25, -0.2) is 14.8 Å². The lowest BCUT2D eigenvalue weighted by molar-refractivity contribution is -0.153. The van der Waals surface area contributed by atoms with Gasteiger partial charge in [0.05, 0.1) is 12.5 Å². The lowest BCUT2D eigenvalue weighted by Gasteiger charge is -2.40. The number of imidazole rings is 1. The normalized spacial score (nSPS) is 18.1. The van der Waals surface area contributed by atoms with Crippen molar-refractivity contribution in [3.05, 3.63) is 30.9 Å². The van der Waals surface area contributed by atoms with Gasteiger partial charge in [0.15, 0.2) is 0 Å². The zero-order chi connectivity index (χ0) is 18.0. The molecule has 1 saturated heterocycles. The second-order valence-electron chi connectivity index (χ2n) is 6.53. The van der Waals surface area contributed by atoms with Gasteiger partial charge in [0, 0.05) is 25.5 Å². The summed E-state index contributed by atoms with van der Waals surface area (Å²) in [5.41, 5.74) is -1.04. The highest BCUT2D eigenvalue weighted by Gasteiger charge is 2.45. The maximum Gasteiger partial charge on any atom is 0.330 e. The summed E-state index contributed by atoms with van der Waals surface area (Å²) < 4.78 is 3.35. The Morgan fingerprint density at radius 3 is 2.60 bits per heavy atom. The Bertz CT molecular complexity index is 746. The Hall–Kier alpha value is -2.71. The van der Waals surface area contributed by atoms with Gasteiger partial charge in [-0.15, -0.1) is 0 Å². The van der Waals surface area contributed by atoms with Gasteiger partial charge < -0.3 is 14.6 Å². The van der Waals surface area contributed by atoms with E-state index in [0.717, 1.165) is 0 Å². The van der Waals surface area contributed by atoms with Crippen LogP contribution in [0.2, 0.25) is 0 Å². The summed E-state index contributed by atoms with van der Waals surface area (Å²) in [6.07, 6.45) is 7.05. The first kappa shape index (κ1) is 17.1. The molecule has 9 heteroatoms. The van der Waals surface area contributed by atoms with E-state index in [-0.39, 0.29) is 11.8 Å². The predicted octanol–water partition coefficient (Wildman–Crippen LogP) is 0.522. The molecule has 0 saturated carbocycles. The Balaban J connectivity index is 1.68. The van der Waals surface area contributed by atoms with Crippen LogP contribution in [0.3, 0.4) is 0 Å². The molecule has 1 N–H and O–H groups in total. The standard InChI is InChI=1S/C16H22N6O3/c1-12(9-21-11-17-10-19-21)14(23)20-6-3-16(4-7-20,15(24)25)22-8-5-18-13(22)2/h5,8,10-12H,3-4,6-7,9H2,1-2H3,(H,24,25). The van der Waals surface area contributed by atoms with Crippen LogP contribution in [0.25, 0.3) is 0 Å². The van der Waals surface area contributed by atoms with Crippen molar-refractivity contribution in [3.63, 3.8) is 0 Å². The summed E-state index contributed by atoms with van der Waals surface area (Å²) in [4.78, 5) is 34.4. The molecule has 2 aromatic heterocycles. The van der Waals surface area contributed by atoms with Crippen molar-refractivity contribution >= 4 is 11.9 Å². The van der Waals surface area contributed by atoms with Gasteiger partial charge in [-0.05, 0) is 19.8 Å². The number of carbonyl (C=O) groups excluding carboxylic acids is 1. The average Bonchev–Trinajstić information content (AvgIpc) is 3.26. The minimum atomic E-state index is -1.04. The van der Waals surface area contributed by atoms with Crippen molar-refractivity contribution < 1.29 is 14.7 Å². The van der Waals surface area contributed by atoms with E-state index in [1.54, 1.807) is 39.8 Å². The number of carboxylic acid groups (broad SMARTS) is 1. The largest absolute Gasteiger partial charge is 0.479 e. The summed E-state index contributed by atoms with van der Waals surface area (Å²) in [6, 6.07) is 0. The molecular weight excluding hydrogens is 324 g/mol. The van der Waals surface area contributed by atoms with Crippen molar-refractivity contribution in [3.8, 4) is 0 Å².